The average Bonchev–Trinajstić information content (AvgIpc) is 3.38. The molecule has 0 bridgehead atoms. The van der Waals surface area contributed by atoms with Crippen molar-refractivity contribution in [3.05, 3.63) is 35.9 Å². The quantitative estimate of drug-likeness (QED) is 0.0478. The van der Waals surface area contributed by atoms with Gasteiger partial charge in [-0.05, 0) is 103 Å². The normalized spacial score (nSPS) is 14.4. The van der Waals surface area contributed by atoms with E-state index >= 15 is 0 Å². The zero-order valence-corrected chi connectivity index (χ0v) is 32.9. The van der Waals surface area contributed by atoms with Gasteiger partial charge in [-0.3, -0.25) is 38.5 Å². The molecule has 300 valence electrons. The van der Waals surface area contributed by atoms with E-state index in [1.54, 1.807) is 31.1 Å². The molecule has 0 aliphatic carbocycles. The van der Waals surface area contributed by atoms with Crippen molar-refractivity contribution < 1.29 is 43.4 Å². The first-order valence-electron chi connectivity index (χ1n) is 18.7. The van der Waals surface area contributed by atoms with Crippen LogP contribution in [0.25, 0.3) is 0 Å². The Hall–Kier alpha value is -4.79. The van der Waals surface area contributed by atoms with Crippen LogP contribution in [0.2, 0.25) is 0 Å². The Morgan fingerprint density at radius 3 is 2.17 bits per heavy atom. The second-order valence-electron chi connectivity index (χ2n) is 15.2. The van der Waals surface area contributed by atoms with Crippen molar-refractivity contribution in [3.8, 4) is 5.75 Å². The summed E-state index contributed by atoms with van der Waals surface area (Å²) >= 11 is 0. The van der Waals surface area contributed by atoms with E-state index in [9.17, 15) is 38.7 Å². The summed E-state index contributed by atoms with van der Waals surface area (Å²) in [6, 6.07) is 4.14. The zero-order valence-electron chi connectivity index (χ0n) is 32.9. The number of phenols is 1. The van der Waals surface area contributed by atoms with Gasteiger partial charge < -0.3 is 36.0 Å². The van der Waals surface area contributed by atoms with E-state index in [0.717, 1.165) is 10.5 Å². The summed E-state index contributed by atoms with van der Waals surface area (Å²) in [6.07, 6.45) is 5.61. The van der Waals surface area contributed by atoms with Gasteiger partial charge in [0.2, 0.25) is 23.6 Å². The molecule has 1 unspecified atom stereocenters. The first kappa shape index (κ1) is 45.4. The summed E-state index contributed by atoms with van der Waals surface area (Å²) < 4.78 is 5.49. The maximum absolute atomic E-state index is 13.1. The molecule has 15 heteroatoms. The van der Waals surface area contributed by atoms with Crippen LogP contribution in [0.5, 0.6) is 5.75 Å². The number of nitrogens with zero attached hydrogens (tertiary/aromatic N) is 2. The number of nitrogens with one attached hydrogen (secondary N) is 4. The maximum Gasteiger partial charge on any atom is 0.309 e. The van der Waals surface area contributed by atoms with E-state index in [1.807, 2.05) is 34.6 Å². The number of aromatic hydroxyl groups is 1. The number of imide groups is 1. The van der Waals surface area contributed by atoms with Crippen molar-refractivity contribution in [3.63, 3.8) is 0 Å². The number of carbonyl (C=O) groups excluding carboxylic acids is 7. The van der Waals surface area contributed by atoms with Crippen LogP contribution in [0.4, 0.5) is 5.69 Å². The lowest BCUT2D eigenvalue weighted by Crippen LogP contribution is -2.47. The molecule has 1 aromatic carbocycles. The number of carbonyl (C=O) groups is 7. The molecule has 6 amide bonds. The fraction of sp³-hybridized carbons (Fsp3) is 0.615. The second kappa shape index (κ2) is 22.4. The summed E-state index contributed by atoms with van der Waals surface area (Å²) in [5.74, 6) is -2.63. The number of ether oxygens (including phenoxy) is 1. The fourth-order valence-electron chi connectivity index (χ4n) is 5.82. The van der Waals surface area contributed by atoms with Gasteiger partial charge in [-0.2, -0.15) is 0 Å². The number of hydrogen-bond donors (Lipinski definition) is 5. The highest BCUT2D eigenvalue weighted by molar-refractivity contribution is 6.12. The van der Waals surface area contributed by atoms with Crippen LogP contribution < -0.4 is 21.3 Å². The maximum atomic E-state index is 13.1. The Labute approximate surface area is 319 Å². The summed E-state index contributed by atoms with van der Waals surface area (Å²) in [7, 11) is 3.59. The molecule has 1 aromatic rings. The third kappa shape index (κ3) is 17.8. The Balaban J connectivity index is 1.86. The number of phenolic OH excluding ortho intramolecular Hbond substituents is 1. The molecule has 0 fully saturated rings. The third-order valence-electron chi connectivity index (χ3n) is 8.40. The van der Waals surface area contributed by atoms with Crippen molar-refractivity contribution in [2.45, 2.75) is 104 Å². The van der Waals surface area contributed by atoms with E-state index in [2.05, 4.69) is 21.3 Å². The van der Waals surface area contributed by atoms with Gasteiger partial charge in [0.05, 0.1) is 18.2 Å². The zero-order chi connectivity index (χ0) is 40.4. The van der Waals surface area contributed by atoms with Crippen molar-refractivity contribution >= 4 is 47.1 Å². The molecular formula is C39H60N6O9. The summed E-state index contributed by atoms with van der Waals surface area (Å²) in [5.41, 5.74) is 0.599. The number of hydrogen-bond acceptors (Lipinski definition) is 10. The van der Waals surface area contributed by atoms with Crippen molar-refractivity contribution in [2.75, 3.05) is 45.6 Å². The highest BCUT2D eigenvalue weighted by atomic mass is 16.6. The van der Waals surface area contributed by atoms with Gasteiger partial charge in [0.1, 0.15) is 17.4 Å². The summed E-state index contributed by atoms with van der Waals surface area (Å²) in [6.45, 7) is 10.3. The molecule has 54 heavy (non-hydrogen) atoms. The number of unbranched alkanes of at least 4 members (excludes halogenated alkanes) is 1. The van der Waals surface area contributed by atoms with Crippen LogP contribution in [-0.4, -0.2) is 108 Å². The van der Waals surface area contributed by atoms with Crippen LogP contribution in [0, 0.1) is 11.8 Å². The van der Waals surface area contributed by atoms with Crippen LogP contribution >= 0.6 is 0 Å². The monoisotopic (exact) mass is 756 g/mol. The van der Waals surface area contributed by atoms with E-state index in [0.29, 0.717) is 45.1 Å². The van der Waals surface area contributed by atoms with E-state index in [4.69, 9.17) is 4.74 Å². The molecule has 5 N–H and O–H groups in total. The Bertz CT molecular complexity index is 1490. The molecule has 0 radical (unpaired) electrons. The average molecular weight is 757 g/mol. The molecule has 0 spiro atoms. The summed E-state index contributed by atoms with van der Waals surface area (Å²) in [5, 5.41) is 21.5. The first-order chi connectivity index (χ1) is 25.3. The van der Waals surface area contributed by atoms with Crippen LogP contribution in [0.1, 0.15) is 91.5 Å². The Morgan fingerprint density at radius 2 is 1.52 bits per heavy atom. The molecule has 1 aliphatic heterocycles. The van der Waals surface area contributed by atoms with E-state index < -0.39 is 35.3 Å². The van der Waals surface area contributed by atoms with Crippen molar-refractivity contribution in [2.24, 2.45) is 11.8 Å². The number of benzene rings is 1. The third-order valence-corrected chi connectivity index (χ3v) is 8.40. The van der Waals surface area contributed by atoms with Crippen LogP contribution in [0.3, 0.4) is 0 Å². The van der Waals surface area contributed by atoms with Gasteiger partial charge in [-0.15, -0.1) is 0 Å². The minimum atomic E-state index is -0.866. The largest absolute Gasteiger partial charge is 0.506 e. The van der Waals surface area contributed by atoms with Gasteiger partial charge in [0.15, 0.2) is 0 Å². The number of amides is 6. The van der Waals surface area contributed by atoms with Gasteiger partial charge in [-0.25, -0.2) is 0 Å². The van der Waals surface area contributed by atoms with Crippen molar-refractivity contribution in [1.82, 2.24) is 25.8 Å². The molecule has 3 atom stereocenters. The smallest absolute Gasteiger partial charge is 0.309 e. The summed E-state index contributed by atoms with van der Waals surface area (Å²) in [4.78, 5) is 89.4. The van der Waals surface area contributed by atoms with Crippen LogP contribution in [0.15, 0.2) is 30.4 Å². The highest BCUT2D eigenvalue weighted by Gasteiger charge is 2.25. The molecule has 0 aromatic heterocycles. The van der Waals surface area contributed by atoms with Gasteiger partial charge >= 0.3 is 5.97 Å². The Kier molecular flexibility index (Phi) is 18.8. The molecule has 0 saturated carbocycles. The minimum absolute atomic E-state index is 0.000232. The lowest BCUT2D eigenvalue weighted by Gasteiger charge is -2.23. The number of esters is 1. The molecular weight excluding hydrogens is 696 g/mol. The number of likely N-dealkylation sites (N-methyl/N-ethyl adjacent to an activating group) is 1. The van der Waals surface area contributed by atoms with Gasteiger partial charge in [0.25, 0.3) is 11.8 Å². The van der Waals surface area contributed by atoms with Gasteiger partial charge in [0, 0.05) is 44.6 Å². The first-order valence-corrected chi connectivity index (χ1v) is 18.7. The molecule has 0 saturated heterocycles. The Morgan fingerprint density at radius 1 is 0.870 bits per heavy atom. The second-order valence-corrected chi connectivity index (χ2v) is 15.2. The molecule has 1 aliphatic rings. The van der Waals surface area contributed by atoms with E-state index in [1.165, 1.54) is 18.2 Å². The molecule has 2 rings (SSSR count). The molecule has 1 heterocycles. The standard InChI is InChI=1S/C39H60N6O9/c1-26(22-27(2)38(53)54-39(3,4)5)23-28-15-16-31(46)30(24-28)43-32(47)13-10-20-41-37(52)29(12-8-9-19-40-34(49)25-44(6)7)42-33(48)14-11-21-45-35(50)17-18-36(45)51/h15-18,24,26-27,29,46H,8-14,19-23,25H2,1-7H3,(H,40,49)(H,41,52)(H,42,48)(H,43,47)/t26-,27?,29+/m1/s1. The predicted molar refractivity (Wildman–Crippen MR) is 204 cm³/mol. The van der Waals surface area contributed by atoms with E-state index in [-0.39, 0.29) is 80.0 Å². The van der Waals surface area contributed by atoms with Crippen molar-refractivity contribution in [1.29, 1.82) is 0 Å². The topological polar surface area (TPSA) is 204 Å². The van der Waals surface area contributed by atoms with Crippen LogP contribution in [-0.2, 0) is 44.7 Å². The lowest BCUT2D eigenvalue weighted by molar-refractivity contribution is -0.160. The molecule has 15 nitrogen and oxygen atoms in total. The number of rotatable bonds is 23. The lowest BCUT2D eigenvalue weighted by atomic mass is 9.91. The highest BCUT2D eigenvalue weighted by Crippen LogP contribution is 2.27. The predicted octanol–water partition coefficient (Wildman–Crippen LogP) is 2.81. The fourth-order valence-corrected chi connectivity index (χ4v) is 5.82. The number of anilines is 1. The SMILES string of the molecule is CC(C[C@@H](C)Cc1ccc(O)c(NC(=O)CCCNC(=O)[C@H](CCCCNC(=O)CN(C)C)NC(=O)CCCN2C(=O)C=CC2=O)c1)C(=O)OC(C)(C)C. The minimum Gasteiger partial charge on any atom is -0.506 e. The van der Waals surface area contributed by atoms with Gasteiger partial charge in [-0.1, -0.05) is 19.9 Å².